The van der Waals surface area contributed by atoms with Crippen molar-refractivity contribution in [3.05, 3.63) is 35.8 Å². The third-order valence-corrected chi connectivity index (χ3v) is 5.92. The zero-order chi connectivity index (χ0) is 20.7. The van der Waals surface area contributed by atoms with Crippen LogP contribution in [0, 0.1) is 11.3 Å². The summed E-state index contributed by atoms with van der Waals surface area (Å²) in [5.41, 5.74) is -0.356. The number of halogens is 3. The summed E-state index contributed by atoms with van der Waals surface area (Å²) in [6.45, 7) is 1.46. The standard InChI is InChI=1S/C17H14F3N5O2S/c1-3-28(26,27)13-6-10(4-5-21)8-23-15(13)16-24-11-7-14(17(18,19)20)22-9-12(11)25(16)2/h6-9H,3-4H2,1-2H3. The number of alkyl halides is 3. The van der Waals surface area contributed by atoms with Gasteiger partial charge in [-0.1, -0.05) is 6.92 Å². The highest BCUT2D eigenvalue weighted by molar-refractivity contribution is 7.91. The monoisotopic (exact) mass is 409 g/mol. The van der Waals surface area contributed by atoms with Crippen LogP contribution >= 0.6 is 0 Å². The van der Waals surface area contributed by atoms with Crippen molar-refractivity contribution in [2.75, 3.05) is 5.75 Å². The van der Waals surface area contributed by atoms with Gasteiger partial charge in [-0.2, -0.15) is 18.4 Å². The predicted molar refractivity (Wildman–Crippen MR) is 93.8 cm³/mol. The van der Waals surface area contributed by atoms with E-state index in [2.05, 4.69) is 15.0 Å². The van der Waals surface area contributed by atoms with E-state index >= 15 is 0 Å². The second-order valence-corrected chi connectivity index (χ2v) is 8.23. The number of hydrogen-bond acceptors (Lipinski definition) is 6. The Morgan fingerprint density at radius 2 is 1.93 bits per heavy atom. The summed E-state index contributed by atoms with van der Waals surface area (Å²) < 4.78 is 65.3. The molecule has 146 valence electrons. The molecule has 0 saturated heterocycles. The van der Waals surface area contributed by atoms with Crippen LogP contribution in [0.4, 0.5) is 13.2 Å². The SMILES string of the molecule is CCS(=O)(=O)c1cc(CC#N)cnc1-c1nc2cc(C(F)(F)F)ncc2n1C. The molecule has 0 radical (unpaired) electrons. The molecule has 11 heteroatoms. The Balaban J connectivity index is 2.27. The molecule has 0 bridgehead atoms. The average molecular weight is 409 g/mol. The molecule has 7 nitrogen and oxygen atoms in total. The van der Waals surface area contributed by atoms with Crippen LogP contribution in [0.2, 0.25) is 0 Å². The Morgan fingerprint density at radius 1 is 1.21 bits per heavy atom. The Bertz CT molecular complexity index is 1210. The van der Waals surface area contributed by atoms with Gasteiger partial charge in [-0.05, 0) is 17.7 Å². The summed E-state index contributed by atoms with van der Waals surface area (Å²) in [6.07, 6.45) is -2.26. The fourth-order valence-corrected chi connectivity index (χ4v) is 3.77. The van der Waals surface area contributed by atoms with Crippen molar-refractivity contribution in [1.29, 1.82) is 5.26 Å². The van der Waals surface area contributed by atoms with Crippen molar-refractivity contribution in [3.63, 3.8) is 0 Å². The van der Waals surface area contributed by atoms with Gasteiger partial charge in [-0.15, -0.1) is 0 Å². The molecule has 0 spiro atoms. The molecule has 0 aliphatic carbocycles. The molecule has 0 atom stereocenters. The van der Waals surface area contributed by atoms with Crippen LogP contribution < -0.4 is 0 Å². The topological polar surface area (TPSA) is 102 Å². The smallest absolute Gasteiger partial charge is 0.324 e. The van der Waals surface area contributed by atoms with Gasteiger partial charge >= 0.3 is 6.18 Å². The minimum atomic E-state index is -4.63. The number of rotatable bonds is 4. The number of sulfone groups is 1. The van der Waals surface area contributed by atoms with Crippen LogP contribution in [0.1, 0.15) is 18.2 Å². The van der Waals surface area contributed by atoms with E-state index in [1.165, 1.54) is 30.8 Å². The number of nitriles is 1. The van der Waals surface area contributed by atoms with Gasteiger partial charge in [0, 0.05) is 13.2 Å². The normalized spacial score (nSPS) is 12.3. The van der Waals surface area contributed by atoms with Gasteiger partial charge in [0.15, 0.2) is 15.7 Å². The van der Waals surface area contributed by atoms with Crippen molar-refractivity contribution in [3.8, 4) is 17.6 Å². The summed E-state index contributed by atoms with van der Waals surface area (Å²) in [5.74, 6) is -0.117. The van der Waals surface area contributed by atoms with Gasteiger partial charge < -0.3 is 4.57 Å². The first kappa shape index (κ1) is 19.8. The molecule has 0 aromatic carbocycles. The van der Waals surface area contributed by atoms with Crippen molar-refractivity contribution in [1.82, 2.24) is 19.5 Å². The Hall–Kier alpha value is -3.00. The summed E-state index contributed by atoms with van der Waals surface area (Å²) >= 11 is 0. The third kappa shape index (κ3) is 3.43. The number of imidazole rings is 1. The maximum Gasteiger partial charge on any atom is 0.433 e. The average Bonchev–Trinajstić information content (AvgIpc) is 2.97. The van der Waals surface area contributed by atoms with Crippen molar-refractivity contribution in [2.45, 2.75) is 24.4 Å². The lowest BCUT2D eigenvalue weighted by molar-refractivity contribution is -0.141. The second kappa shape index (κ2) is 6.87. The summed E-state index contributed by atoms with van der Waals surface area (Å²) in [5, 5.41) is 8.85. The lowest BCUT2D eigenvalue weighted by atomic mass is 10.2. The van der Waals surface area contributed by atoms with Crippen molar-refractivity contribution >= 4 is 20.9 Å². The Labute approximate surface area is 158 Å². The molecule has 0 saturated carbocycles. The fraction of sp³-hybridized carbons (Fsp3) is 0.294. The van der Waals surface area contributed by atoms with Crippen LogP contribution in [0.5, 0.6) is 0 Å². The first-order valence-electron chi connectivity index (χ1n) is 8.07. The van der Waals surface area contributed by atoms with Crippen molar-refractivity contribution in [2.24, 2.45) is 7.05 Å². The van der Waals surface area contributed by atoms with Gasteiger partial charge in [0.05, 0.1) is 40.4 Å². The molecule has 3 aromatic rings. The molecule has 0 aliphatic rings. The number of fused-ring (bicyclic) bond motifs is 1. The predicted octanol–water partition coefficient (Wildman–Crippen LogP) is 2.91. The number of hydrogen-bond donors (Lipinski definition) is 0. The number of pyridine rings is 2. The molecule has 0 N–H and O–H groups in total. The van der Waals surface area contributed by atoms with Crippen LogP contribution in [-0.2, 0) is 29.5 Å². The molecule has 0 amide bonds. The van der Waals surface area contributed by atoms with Gasteiger partial charge in [0.2, 0.25) is 0 Å². The summed E-state index contributed by atoms with van der Waals surface area (Å²) in [7, 11) is -2.19. The minimum absolute atomic E-state index is 0.01000. The Morgan fingerprint density at radius 3 is 2.54 bits per heavy atom. The molecule has 3 heterocycles. The lowest BCUT2D eigenvalue weighted by Crippen LogP contribution is -2.09. The molecule has 0 unspecified atom stereocenters. The number of aryl methyl sites for hydroxylation is 1. The van der Waals surface area contributed by atoms with Gasteiger partial charge in [0.1, 0.15) is 11.4 Å². The highest BCUT2D eigenvalue weighted by atomic mass is 32.2. The number of aromatic nitrogens is 4. The van der Waals surface area contributed by atoms with Crippen LogP contribution in [-0.4, -0.2) is 33.7 Å². The van der Waals surface area contributed by atoms with E-state index in [9.17, 15) is 21.6 Å². The van der Waals surface area contributed by atoms with E-state index in [1.54, 1.807) is 0 Å². The third-order valence-electron chi connectivity index (χ3n) is 4.18. The van der Waals surface area contributed by atoms with E-state index in [0.717, 1.165) is 12.3 Å². The van der Waals surface area contributed by atoms with E-state index in [0.29, 0.717) is 11.1 Å². The molecule has 3 rings (SSSR count). The second-order valence-electron chi connectivity index (χ2n) is 5.98. The van der Waals surface area contributed by atoms with E-state index in [1.807, 2.05) is 6.07 Å². The van der Waals surface area contributed by atoms with E-state index in [-0.39, 0.29) is 34.1 Å². The quantitative estimate of drug-likeness (QED) is 0.657. The van der Waals surface area contributed by atoms with E-state index in [4.69, 9.17) is 5.26 Å². The zero-order valence-corrected chi connectivity index (χ0v) is 15.6. The molecule has 0 fully saturated rings. The zero-order valence-electron chi connectivity index (χ0n) is 14.8. The first-order valence-corrected chi connectivity index (χ1v) is 9.72. The first-order chi connectivity index (χ1) is 13.1. The summed E-state index contributed by atoms with van der Waals surface area (Å²) in [6, 6.07) is 4.08. The molecule has 3 aromatic heterocycles. The van der Waals surface area contributed by atoms with Gasteiger partial charge in [-0.25, -0.2) is 18.4 Å². The molecule has 28 heavy (non-hydrogen) atoms. The van der Waals surface area contributed by atoms with Crippen LogP contribution in [0.25, 0.3) is 22.6 Å². The summed E-state index contributed by atoms with van der Waals surface area (Å²) in [4.78, 5) is 11.6. The van der Waals surface area contributed by atoms with E-state index < -0.39 is 21.7 Å². The van der Waals surface area contributed by atoms with Crippen LogP contribution in [0.15, 0.2) is 29.4 Å². The molecule has 0 aliphatic heterocycles. The highest BCUT2D eigenvalue weighted by Gasteiger charge is 2.33. The Kier molecular flexibility index (Phi) is 4.84. The van der Waals surface area contributed by atoms with Gasteiger partial charge in [0.25, 0.3) is 0 Å². The lowest BCUT2D eigenvalue weighted by Gasteiger charge is -2.10. The maximum absolute atomic E-state index is 12.9. The minimum Gasteiger partial charge on any atom is -0.324 e. The fourth-order valence-electron chi connectivity index (χ4n) is 2.69. The van der Waals surface area contributed by atoms with Gasteiger partial charge in [-0.3, -0.25) is 4.98 Å². The molecular formula is C17H14F3N5O2S. The number of nitrogens with zero attached hydrogens (tertiary/aromatic N) is 5. The maximum atomic E-state index is 12.9. The molecular weight excluding hydrogens is 395 g/mol. The largest absolute Gasteiger partial charge is 0.433 e. The van der Waals surface area contributed by atoms with Crippen LogP contribution in [0.3, 0.4) is 0 Å². The highest BCUT2D eigenvalue weighted by Crippen LogP contribution is 2.32. The van der Waals surface area contributed by atoms with Crippen molar-refractivity contribution < 1.29 is 21.6 Å².